The summed E-state index contributed by atoms with van der Waals surface area (Å²) in [6, 6.07) is 19.7. The van der Waals surface area contributed by atoms with Gasteiger partial charge < -0.3 is 14.8 Å². The predicted octanol–water partition coefficient (Wildman–Crippen LogP) is 4.85. The van der Waals surface area contributed by atoms with E-state index in [1.54, 1.807) is 30.3 Å². The molecule has 148 valence electrons. The van der Waals surface area contributed by atoms with Crippen LogP contribution in [0.5, 0.6) is 11.5 Å². The second-order valence-corrected chi connectivity index (χ2v) is 6.83. The molecule has 3 aromatic carbocycles. The summed E-state index contributed by atoms with van der Waals surface area (Å²) in [4.78, 5) is 24.5. The smallest absolute Gasteiger partial charge is 0.349 e. The van der Waals surface area contributed by atoms with Gasteiger partial charge in [0.15, 0.2) is 6.61 Å². The second kappa shape index (κ2) is 9.06. The predicted molar refractivity (Wildman–Crippen MR) is 113 cm³/mol. The fraction of sp³-hybridized carbons (Fsp3) is 0.167. The van der Waals surface area contributed by atoms with E-state index in [9.17, 15) is 9.59 Å². The Morgan fingerprint density at radius 1 is 0.862 bits per heavy atom. The van der Waals surface area contributed by atoms with Crippen molar-refractivity contribution in [2.45, 2.75) is 20.8 Å². The molecule has 0 unspecified atom stereocenters. The first kappa shape index (κ1) is 20.1. The Balaban J connectivity index is 1.56. The van der Waals surface area contributed by atoms with Crippen LogP contribution in [0.25, 0.3) is 0 Å². The van der Waals surface area contributed by atoms with Gasteiger partial charge >= 0.3 is 5.97 Å². The molecule has 29 heavy (non-hydrogen) atoms. The van der Waals surface area contributed by atoms with Crippen LogP contribution >= 0.6 is 0 Å². The van der Waals surface area contributed by atoms with Crippen LogP contribution in [0.15, 0.2) is 66.7 Å². The number of amides is 1. The van der Waals surface area contributed by atoms with E-state index in [0.29, 0.717) is 17.1 Å². The van der Waals surface area contributed by atoms with Crippen LogP contribution in [-0.4, -0.2) is 18.5 Å². The molecular formula is C24H23NO4. The third-order valence-electron chi connectivity index (χ3n) is 4.43. The van der Waals surface area contributed by atoms with Crippen LogP contribution in [0.4, 0.5) is 5.69 Å². The minimum absolute atomic E-state index is 0.195. The summed E-state index contributed by atoms with van der Waals surface area (Å²) in [5, 5.41) is 2.90. The lowest BCUT2D eigenvalue weighted by molar-refractivity contribution is -0.136. The molecule has 0 fully saturated rings. The molecule has 0 spiro atoms. The zero-order valence-corrected chi connectivity index (χ0v) is 16.7. The second-order valence-electron chi connectivity index (χ2n) is 6.83. The first-order valence-corrected chi connectivity index (χ1v) is 9.30. The number of benzene rings is 3. The van der Waals surface area contributed by atoms with Gasteiger partial charge in [-0.1, -0.05) is 30.3 Å². The maximum Gasteiger partial charge on any atom is 0.349 e. The van der Waals surface area contributed by atoms with Crippen LogP contribution in [0, 0.1) is 20.8 Å². The topological polar surface area (TPSA) is 64.6 Å². The lowest BCUT2D eigenvalue weighted by Gasteiger charge is -2.10. The number of aryl methyl sites for hydroxylation is 3. The number of carbonyl (C=O) groups excluding carboxylic acids is 2. The SMILES string of the molecule is Cc1ccc(C)c(NC(=O)c2ccc(OC(=O)COc3ccccc3C)cc2)c1. The number of hydrogen-bond acceptors (Lipinski definition) is 4. The molecule has 0 aliphatic carbocycles. The first-order valence-electron chi connectivity index (χ1n) is 9.30. The van der Waals surface area contributed by atoms with Gasteiger partial charge in [0.2, 0.25) is 0 Å². The Morgan fingerprint density at radius 3 is 2.31 bits per heavy atom. The van der Waals surface area contributed by atoms with Crippen LogP contribution in [-0.2, 0) is 4.79 Å². The molecule has 0 aliphatic rings. The van der Waals surface area contributed by atoms with Gasteiger partial charge in [0.1, 0.15) is 11.5 Å². The summed E-state index contributed by atoms with van der Waals surface area (Å²) in [6.45, 7) is 5.63. The number of esters is 1. The number of anilines is 1. The Labute approximate surface area is 170 Å². The summed E-state index contributed by atoms with van der Waals surface area (Å²) in [6.07, 6.45) is 0. The van der Waals surface area contributed by atoms with E-state index < -0.39 is 5.97 Å². The van der Waals surface area contributed by atoms with E-state index in [4.69, 9.17) is 9.47 Å². The van der Waals surface area contributed by atoms with Crippen LogP contribution in [0.1, 0.15) is 27.0 Å². The molecule has 0 heterocycles. The summed E-state index contributed by atoms with van der Waals surface area (Å²) in [5.74, 6) is 0.259. The number of para-hydroxylation sites is 1. The molecular weight excluding hydrogens is 366 g/mol. The van der Waals surface area contributed by atoms with E-state index >= 15 is 0 Å². The number of carbonyl (C=O) groups is 2. The maximum atomic E-state index is 12.5. The standard InChI is InChI=1S/C24H23NO4/c1-16-8-9-17(2)21(14-16)25-24(27)19-10-12-20(13-11-19)29-23(26)15-28-22-7-5-4-6-18(22)3/h4-14H,15H2,1-3H3,(H,25,27). The molecule has 0 bridgehead atoms. The van der Waals surface area contributed by atoms with Gasteiger partial charge in [-0.15, -0.1) is 0 Å². The molecule has 0 saturated heterocycles. The molecule has 0 aliphatic heterocycles. The first-order chi connectivity index (χ1) is 13.9. The highest BCUT2D eigenvalue weighted by Crippen LogP contribution is 2.19. The third-order valence-corrected chi connectivity index (χ3v) is 4.43. The molecule has 3 rings (SSSR count). The number of ether oxygens (including phenoxy) is 2. The van der Waals surface area contributed by atoms with Crippen molar-refractivity contribution in [1.29, 1.82) is 0 Å². The average Bonchev–Trinajstić information content (AvgIpc) is 2.70. The largest absolute Gasteiger partial charge is 0.482 e. The molecule has 0 radical (unpaired) electrons. The summed E-state index contributed by atoms with van der Waals surface area (Å²) < 4.78 is 10.7. The van der Waals surface area contributed by atoms with Crippen molar-refractivity contribution in [1.82, 2.24) is 0 Å². The molecule has 0 atom stereocenters. The highest BCUT2D eigenvalue weighted by molar-refractivity contribution is 6.04. The third kappa shape index (κ3) is 5.45. The van der Waals surface area contributed by atoms with Gasteiger partial charge in [0.25, 0.3) is 5.91 Å². The van der Waals surface area contributed by atoms with Gasteiger partial charge in [0, 0.05) is 11.3 Å². The van der Waals surface area contributed by atoms with E-state index in [2.05, 4.69) is 5.32 Å². The Kier molecular flexibility index (Phi) is 6.29. The number of hydrogen-bond donors (Lipinski definition) is 1. The van der Waals surface area contributed by atoms with E-state index in [-0.39, 0.29) is 12.5 Å². The van der Waals surface area contributed by atoms with Crippen molar-refractivity contribution in [3.05, 3.63) is 89.0 Å². The molecule has 1 N–H and O–H groups in total. The Bertz CT molecular complexity index is 1030. The quantitative estimate of drug-likeness (QED) is 0.484. The van der Waals surface area contributed by atoms with Crippen molar-refractivity contribution in [3.8, 4) is 11.5 Å². The normalized spacial score (nSPS) is 10.3. The summed E-state index contributed by atoms with van der Waals surface area (Å²) in [5.41, 5.74) is 4.25. The van der Waals surface area contributed by atoms with Gasteiger partial charge in [-0.3, -0.25) is 4.79 Å². The lowest BCUT2D eigenvalue weighted by atomic mass is 10.1. The fourth-order valence-corrected chi connectivity index (χ4v) is 2.76. The highest BCUT2D eigenvalue weighted by atomic mass is 16.6. The summed E-state index contributed by atoms with van der Waals surface area (Å²) >= 11 is 0. The Morgan fingerprint density at radius 2 is 1.59 bits per heavy atom. The van der Waals surface area contributed by atoms with Crippen molar-refractivity contribution in [2.24, 2.45) is 0 Å². The number of nitrogens with one attached hydrogen (secondary N) is 1. The van der Waals surface area contributed by atoms with Crippen molar-refractivity contribution in [3.63, 3.8) is 0 Å². The van der Waals surface area contributed by atoms with Gasteiger partial charge in [0.05, 0.1) is 0 Å². The van der Waals surface area contributed by atoms with Crippen molar-refractivity contribution >= 4 is 17.6 Å². The zero-order valence-electron chi connectivity index (χ0n) is 16.7. The average molecular weight is 389 g/mol. The molecule has 1 amide bonds. The minimum Gasteiger partial charge on any atom is -0.482 e. The minimum atomic E-state index is -0.513. The van der Waals surface area contributed by atoms with E-state index in [0.717, 1.165) is 22.4 Å². The molecule has 0 aromatic heterocycles. The fourth-order valence-electron chi connectivity index (χ4n) is 2.76. The van der Waals surface area contributed by atoms with Crippen LogP contribution in [0.3, 0.4) is 0 Å². The van der Waals surface area contributed by atoms with E-state index in [1.807, 2.05) is 57.2 Å². The van der Waals surface area contributed by atoms with Crippen molar-refractivity contribution in [2.75, 3.05) is 11.9 Å². The van der Waals surface area contributed by atoms with Gasteiger partial charge in [-0.05, 0) is 73.9 Å². The molecule has 3 aromatic rings. The van der Waals surface area contributed by atoms with Gasteiger partial charge in [-0.25, -0.2) is 4.79 Å². The monoisotopic (exact) mass is 389 g/mol. The maximum absolute atomic E-state index is 12.5. The van der Waals surface area contributed by atoms with E-state index in [1.165, 1.54) is 0 Å². The molecule has 5 nitrogen and oxygen atoms in total. The highest BCUT2D eigenvalue weighted by Gasteiger charge is 2.11. The van der Waals surface area contributed by atoms with Crippen LogP contribution in [0.2, 0.25) is 0 Å². The summed E-state index contributed by atoms with van der Waals surface area (Å²) in [7, 11) is 0. The van der Waals surface area contributed by atoms with Gasteiger partial charge in [-0.2, -0.15) is 0 Å². The number of rotatable bonds is 6. The molecule has 5 heteroatoms. The van der Waals surface area contributed by atoms with Crippen LogP contribution < -0.4 is 14.8 Å². The lowest BCUT2D eigenvalue weighted by Crippen LogP contribution is -2.18. The molecule has 0 saturated carbocycles. The van der Waals surface area contributed by atoms with Crippen molar-refractivity contribution < 1.29 is 19.1 Å². The zero-order chi connectivity index (χ0) is 20.8. The Hall–Kier alpha value is -3.60.